The molecule has 0 spiro atoms. The largest absolute Gasteiger partial charge is 0.371 e. The van der Waals surface area contributed by atoms with Crippen molar-refractivity contribution in [3.8, 4) is 0 Å². The number of rotatable bonds is 4. The molecule has 5 heteroatoms. The summed E-state index contributed by atoms with van der Waals surface area (Å²) in [6, 6.07) is 19.3. The third-order valence-corrected chi connectivity index (χ3v) is 5.11. The molecule has 1 fully saturated rings. The van der Waals surface area contributed by atoms with E-state index in [-0.39, 0.29) is 5.91 Å². The van der Waals surface area contributed by atoms with E-state index in [1.807, 2.05) is 6.07 Å². The maximum absolute atomic E-state index is 12.2. The summed E-state index contributed by atoms with van der Waals surface area (Å²) >= 11 is 5.85. The lowest BCUT2D eigenvalue weighted by molar-refractivity contribution is 0.0955. The van der Waals surface area contributed by atoms with Crippen LogP contribution in [0.1, 0.15) is 28.8 Å². The van der Waals surface area contributed by atoms with Gasteiger partial charge in [0.25, 0.3) is 5.91 Å². The molecule has 4 rings (SSSR count). The number of carbonyl (C=O) groups is 1. The number of amides is 1. The molecule has 0 bridgehead atoms. The molecule has 1 N–H and O–H groups in total. The van der Waals surface area contributed by atoms with Gasteiger partial charge in [-0.3, -0.25) is 4.79 Å². The standard InChI is InChI=1S/C22H20ClN3O/c23-18-10-7-16(8-11-18)22(27)25-24-15-17-9-12-21(26-13-3-4-14-26)20-6-2-1-5-19(17)20/h1-2,5-12,15H,3-4,13-14H2,(H,25,27)/b24-15-. The van der Waals surface area contributed by atoms with Gasteiger partial charge in [0, 0.05) is 40.3 Å². The maximum Gasteiger partial charge on any atom is 0.271 e. The van der Waals surface area contributed by atoms with Crippen LogP contribution in [0.15, 0.2) is 65.8 Å². The molecule has 0 saturated carbocycles. The lowest BCUT2D eigenvalue weighted by Gasteiger charge is -2.20. The number of anilines is 1. The second kappa shape index (κ2) is 7.80. The zero-order chi connectivity index (χ0) is 18.6. The fourth-order valence-electron chi connectivity index (χ4n) is 3.48. The monoisotopic (exact) mass is 377 g/mol. The van der Waals surface area contributed by atoms with E-state index < -0.39 is 0 Å². The average Bonchev–Trinajstić information content (AvgIpc) is 3.23. The summed E-state index contributed by atoms with van der Waals surface area (Å²) in [7, 11) is 0. The zero-order valence-electron chi connectivity index (χ0n) is 14.9. The molecule has 136 valence electrons. The fourth-order valence-corrected chi connectivity index (χ4v) is 3.61. The first-order valence-corrected chi connectivity index (χ1v) is 9.46. The quantitative estimate of drug-likeness (QED) is 0.521. The second-order valence-electron chi connectivity index (χ2n) is 6.62. The summed E-state index contributed by atoms with van der Waals surface area (Å²) in [5.74, 6) is -0.263. The van der Waals surface area contributed by atoms with Crippen LogP contribution in [-0.4, -0.2) is 25.2 Å². The van der Waals surface area contributed by atoms with Gasteiger partial charge in [-0.25, -0.2) is 5.43 Å². The molecule has 1 heterocycles. The Morgan fingerprint density at radius 2 is 1.67 bits per heavy atom. The van der Waals surface area contributed by atoms with Crippen molar-refractivity contribution in [2.24, 2.45) is 5.10 Å². The highest BCUT2D eigenvalue weighted by molar-refractivity contribution is 6.30. The highest BCUT2D eigenvalue weighted by Gasteiger charge is 2.15. The second-order valence-corrected chi connectivity index (χ2v) is 7.06. The van der Waals surface area contributed by atoms with Gasteiger partial charge in [0.05, 0.1) is 6.21 Å². The van der Waals surface area contributed by atoms with E-state index in [2.05, 4.69) is 45.8 Å². The Balaban J connectivity index is 1.57. The smallest absolute Gasteiger partial charge is 0.271 e. The summed E-state index contributed by atoms with van der Waals surface area (Å²) in [5, 5.41) is 7.09. The molecule has 1 saturated heterocycles. The van der Waals surface area contributed by atoms with Gasteiger partial charge in [-0.15, -0.1) is 0 Å². The Hall–Kier alpha value is -2.85. The van der Waals surface area contributed by atoms with Gasteiger partial charge in [-0.2, -0.15) is 5.10 Å². The molecule has 1 aliphatic heterocycles. The molecular formula is C22H20ClN3O. The Bertz CT molecular complexity index is 992. The van der Waals surface area contributed by atoms with E-state index in [0.29, 0.717) is 10.6 Å². The Morgan fingerprint density at radius 1 is 0.963 bits per heavy atom. The van der Waals surface area contributed by atoms with Crippen LogP contribution in [0.2, 0.25) is 5.02 Å². The average molecular weight is 378 g/mol. The van der Waals surface area contributed by atoms with Crippen LogP contribution in [0.5, 0.6) is 0 Å². The Morgan fingerprint density at radius 3 is 2.41 bits per heavy atom. The normalized spacial score (nSPS) is 14.2. The zero-order valence-corrected chi connectivity index (χ0v) is 15.6. The van der Waals surface area contributed by atoms with Crippen LogP contribution in [0.25, 0.3) is 10.8 Å². The highest BCUT2D eigenvalue weighted by Crippen LogP contribution is 2.31. The van der Waals surface area contributed by atoms with E-state index >= 15 is 0 Å². The van der Waals surface area contributed by atoms with Crippen LogP contribution < -0.4 is 10.3 Å². The van der Waals surface area contributed by atoms with Gasteiger partial charge in [0.15, 0.2) is 0 Å². The van der Waals surface area contributed by atoms with Crippen LogP contribution in [0.3, 0.4) is 0 Å². The molecule has 0 atom stereocenters. The maximum atomic E-state index is 12.2. The molecular weight excluding hydrogens is 358 g/mol. The van der Waals surface area contributed by atoms with Crippen molar-refractivity contribution in [1.82, 2.24) is 5.43 Å². The number of hydrogen-bond donors (Lipinski definition) is 1. The third kappa shape index (κ3) is 3.81. The first kappa shape index (κ1) is 17.6. The van der Waals surface area contributed by atoms with E-state index in [9.17, 15) is 4.79 Å². The van der Waals surface area contributed by atoms with Crippen molar-refractivity contribution < 1.29 is 4.79 Å². The lowest BCUT2D eigenvalue weighted by atomic mass is 10.0. The van der Waals surface area contributed by atoms with E-state index in [1.54, 1.807) is 30.5 Å². The molecule has 3 aromatic rings. The van der Waals surface area contributed by atoms with Crippen LogP contribution >= 0.6 is 11.6 Å². The first-order valence-electron chi connectivity index (χ1n) is 9.08. The topological polar surface area (TPSA) is 44.7 Å². The van der Waals surface area contributed by atoms with Crippen LogP contribution in [-0.2, 0) is 0 Å². The predicted molar refractivity (Wildman–Crippen MR) is 112 cm³/mol. The predicted octanol–water partition coefficient (Wildman–Crippen LogP) is 4.86. The van der Waals surface area contributed by atoms with Gasteiger partial charge in [0.1, 0.15) is 0 Å². The number of benzene rings is 3. The van der Waals surface area contributed by atoms with Crippen LogP contribution in [0.4, 0.5) is 5.69 Å². The number of fused-ring (bicyclic) bond motifs is 1. The third-order valence-electron chi connectivity index (χ3n) is 4.86. The van der Waals surface area contributed by atoms with Crippen LogP contribution in [0, 0.1) is 0 Å². The van der Waals surface area contributed by atoms with Gasteiger partial charge in [-0.05, 0) is 48.6 Å². The number of hydrogen-bond acceptors (Lipinski definition) is 3. The minimum atomic E-state index is -0.263. The molecule has 3 aromatic carbocycles. The van der Waals surface area contributed by atoms with Crippen molar-refractivity contribution in [3.63, 3.8) is 0 Å². The molecule has 0 unspecified atom stereocenters. The first-order chi connectivity index (χ1) is 13.2. The Labute approximate surface area is 163 Å². The van der Waals surface area contributed by atoms with Crippen molar-refractivity contribution >= 4 is 40.2 Å². The molecule has 1 amide bonds. The SMILES string of the molecule is O=C(N/N=C\c1ccc(N2CCCC2)c2ccccc12)c1ccc(Cl)cc1. The summed E-state index contributed by atoms with van der Waals surface area (Å²) < 4.78 is 0. The number of hydrazone groups is 1. The summed E-state index contributed by atoms with van der Waals surface area (Å²) in [5.41, 5.74) is 5.34. The highest BCUT2D eigenvalue weighted by atomic mass is 35.5. The summed E-state index contributed by atoms with van der Waals surface area (Å²) in [6.45, 7) is 2.21. The molecule has 4 nitrogen and oxygen atoms in total. The van der Waals surface area contributed by atoms with Gasteiger partial charge >= 0.3 is 0 Å². The lowest BCUT2D eigenvalue weighted by Crippen LogP contribution is -2.18. The molecule has 0 aromatic heterocycles. The van der Waals surface area contributed by atoms with Gasteiger partial charge in [0.2, 0.25) is 0 Å². The van der Waals surface area contributed by atoms with Crippen molar-refractivity contribution in [2.75, 3.05) is 18.0 Å². The van der Waals surface area contributed by atoms with Crippen molar-refractivity contribution in [2.45, 2.75) is 12.8 Å². The molecule has 27 heavy (non-hydrogen) atoms. The fraction of sp³-hybridized carbons (Fsp3) is 0.182. The van der Waals surface area contributed by atoms with Crippen molar-refractivity contribution in [1.29, 1.82) is 0 Å². The number of carbonyl (C=O) groups excluding carboxylic acids is 1. The number of nitrogens with zero attached hydrogens (tertiary/aromatic N) is 2. The van der Waals surface area contributed by atoms with E-state index in [1.165, 1.54) is 23.9 Å². The van der Waals surface area contributed by atoms with E-state index in [0.717, 1.165) is 24.0 Å². The Kier molecular flexibility index (Phi) is 5.07. The summed E-state index contributed by atoms with van der Waals surface area (Å²) in [6.07, 6.45) is 4.19. The van der Waals surface area contributed by atoms with E-state index in [4.69, 9.17) is 11.6 Å². The minimum Gasteiger partial charge on any atom is -0.371 e. The summed E-state index contributed by atoms with van der Waals surface area (Å²) in [4.78, 5) is 14.6. The van der Waals surface area contributed by atoms with Crippen molar-refractivity contribution in [3.05, 3.63) is 76.8 Å². The number of halogens is 1. The molecule has 0 radical (unpaired) electrons. The molecule has 0 aliphatic carbocycles. The minimum absolute atomic E-state index is 0.263. The van der Waals surface area contributed by atoms with Gasteiger partial charge in [-0.1, -0.05) is 41.9 Å². The number of nitrogens with one attached hydrogen (secondary N) is 1. The molecule has 1 aliphatic rings. The van der Waals surface area contributed by atoms with Gasteiger partial charge < -0.3 is 4.90 Å².